The van der Waals surface area contributed by atoms with E-state index in [4.69, 9.17) is 9.84 Å². The van der Waals surface area contributed by atoms with Gasteiger partial charge in [0.25, 0.3) is 0 Å². The van der Waals surface area contributed by atoms with E-state index in [1.165, 1.54) is 6.26 Å². The smallest absolute Gasteiger partial charge is 0.113 e. The lowest BCUT2D eigenvalue weighted by atomic mass is 10.3. The van der Waals surface area contributed by atoms with Crippen molar-refractivity contribution in [1.82, 2.24) is 0 Å². The second kappa shape index (κ2) is 4.65. The predicted octanol–water partition coefficient (Wildman–Crippen LogP) is 0.917. The molecule has 0 aliphatic carbocycles. The molecule has 1 unspecified atom stereocenters. The maximum absolute atomic E-state index is 8.82. The van der Waals surface area contributed by atoms with E-state index in [9.17, 15) is 0 Å². The minimum atomic E-state index is -0.340. The third kappa shape index (κ3) is 3.68. The standard InChI is InChI=1S/C6H12O2/c1-3-6(7)5-8-4-2/h4,6-7H,2-3,5H2,1H3. The van der Waals surface area contributed by atoms with Crippen LogP contribution in [0.3, 0.4) is 0 Å². The van der Waals surface area contributed by atoms with E-state index in [0.717, 1.165) is 6.42 Å². The van der Waals surface area contributed by atoms with Gasteiger partial charge in [-0.1, -0.05) is 13.5 Å². The molecule has 0 fully saturated rings. The summed E-state index contributed by atoms with van der Waals surface area (Å²) in [5.41, 5.74) is 0. The Morgan fingerprint density at radius 2 is 2.50 bits per heavy atom. The Kier molecular flexibility index (Phi) is 4.36. The van der Waals surface area contributed by atoms with Crippen molar-refractivity contribution in [3.05, 3.63) is 12.8 Å². The maximum atomic E-state index is 8.82. The molecule has 0 rings (SSSR count). The highest BCUT2D eigenvalue weighted by molar-refractivity contribution is 4.54. The number of aliphatic hydroxyl groups excluding tert-OH is 1. The van der Waals surface area contributed by atoms with E-state index in [1.807, 2.05) is 6.92 Å². The number of aliphatic hydroxyl groups is 1. The van der Waals surface area contributed by atoms with Gasteiger partial charge < -0.3 is 9.84 Å². The van der Waals surface area contributed by atoms with Gasteiger partial charge in [0.05, 0.1) is 12.4 Å². The average Bonchev–Trinajstić information content (AvgIpc) is 1.83. The maximum Gasteiger partial charge on any atom is 0.113 e. The minimum absolute atomic E-state index is 0.340. The van der Waals surface area contributed by atoms with Crippen molar-refractivity contribution < 1.29 is 9.84 Å². The zero-order valence-electron chi connectivity index (χ0n) is 5.13. The lowest BCUT2D eigenvalue weighted by Gasteiger charge is -2.04. The molecule has 0 bridgehead atoms. The topological polar surface area (TPSA) is 29.5 Å². The normalized spacial score (nSPS) is 12.8. The fourth-order valence-electron chi connectivity index (χ4n) is 0.297. The first kappa shape index (κ1) is 7.50. The molecule has 2 nitrogen and oxygen atoms in total. The summed E-state index contributed by atoms with van der Waals surface area (Å²) in [5, 5.41) is 8.82. The van der Waals surface area contributed by atoms with Gasteiger partial charge in [-0.15, -0.1) is 0 Å². The molecule has 1 N–H and O–H groups in total. The van der Waals surface area contributed by atoms with E-state index in [0.29, 0.717) is 6.61 Å². The minimum Gasteiger partial charge on any atom is -0.499 e. The van der Waals surface area contributed by atoms with Gasteiger partial charge in [-0.2, -0.15) is 0 Å². The third-order valence-corrected chi connectivity index (χ3v) is 0.878. The zero-order valence-corrected chi connectivity index (χ0v) is 5.13. The molecule has 0 radical (unpaired) electrons. The Bertz CT molecular complexity index is 61.5. The van der Waals surface area contributed by atoms with E-state index in [1.54, 1.807) is 0 Å². The van der Waals surface area contributed by atoms with Gasteiger partial charge in [0.1, 0.15) is 6.61 Å². The van der Waals surface area contributed by atoms with Crippen LogP contribution in [0.1, 0.15) is 13.3 Å². The fourth-order valence-corrected chi connectivity index (χ4v) is 0.297. The lowest BCUT2D eigenvalue weighted by molar-refractivity contribution is 0.0819. The van der Waals surface area contributed by atoms with Crippen LogP contribution in [0.2, 0.25) is 0 Å². The summed E-state index contributed by atoms with van der Waals surface area (Å²) in [6.45, 7) is 5.59. The first-order valence-corrected chi connectivity index (χ1v) is 2.71. The summed E-state index contributed by atoms with van der Waals surface area (Å²) in [6.07, 6.45) is 1.72. The molecule has 48 valence electrons. The molecule has 0 aromatic carbocycles. The van der Waals surface area contributed by atoms with E-state index < -0.39 is 0 Å². The van der Waals surface area contributed by atoms with Crippen molar-refractivity contribution in [1.29, 1.82) is 0 Å². The summed E-state index contributed by atoms with van der Waals surface area (Å²) in [4.78, 5) is 0. The quantitative estimate of drug-likeness (QED) is 0.553. The van der Waals surface area contributed by atoms with Crippen LogP contribution in [0.4, 0.5) is 0 Å². The van der Waals surface area contributed by atoms with Crippen LogP contribution in [0.25, 0.3) is 0 Å². The number of hydrogen-bond acceptors (Lipinski definition) is 2. The molecule has 1 atom stereocenters. The molecule has 0 aromatic heterocycles. The van der Waals surface area contributed by atoms with Crippen LogP contribution in [0.5, 0.6) is 0 Å². The number of ether oxygens (including phenoxy) is 1. The summed E-state index contributed by atoms with van der Waals surface area (Å²) in [7, 11) is 0. The summed E-state index contributed by atoms with van der Waals surface area (Å²) in [6, 6.07) is 0. The van der Waals surface area contributed by atoms with Crippen LogP contribution >= 0.6 is 0 Å². The third-order valence-electron chi connectivity index (χ3n) is 0.878. The van der Waals surface area contributed by atoms with Gasteiger partial charge in [-0.3, -0.25) is 0 Å². The molecule has 0 spiro atoms. The molecule has 0 amide bonds. The Hall–Kier alpha value is -0.500. The van der Waals surface area contributed by atoms with E-state index >= 15 is 0 Å². The van der Waals surface area contributed by atoms with Gasteiger partial charge in [0.2, 0.25) is 0 Å². The highest BCUT2D eigenvalue weighted by Crippen LogP contribution is 1.89. The van der Waals surface area contributed by atoms with Crippen LogP contribution < -0.4 is 0 Å². The van der Waals surface area contributed by atoms with Gasteiger partial charge in [-0.05, 0) is 6.42 Å². The van der Waals surface area contributed by atoms with Crippen LogP contribution in [0, 0.1) is 0 Å². The highest BCUT2D eigenvalue weighted by atomic mass is 16.5. The monoisotopic (exact) mass is 116 g/mol. The highest BCUT2D eigenvalue weighted by Gasteiger charge is 1.96. The largest absolute Gasteiger partial charge is 0.499 e. The first-order chi connectivity index (χ1) is 3.81. The SMILES string of the molecule is C=COCC(O)CC. The Labute approximate surface area is 49.8 Å². The average molecular weight is 116 g/mol. The summed E-state index contributed by atoms with van der Waals surface area (Å²) >= 11 is 0. The molecule has 0 heterocycles. The second-order valence-electron chi connectivity index (χ2n) is 1.56. The Morgan fingerprint density at radius 3 is 2.88 bits per heavy atom. The molecule has 2 heteroatoms. The van der Waals surface area contributed by atoms with E-state index in [-0.39, 0.29) is 6.10 Å². The van der Waals surface area contributed by atoms with Crippen molar-refractivity contribution in [2.24, 2.45) is 0 Å². The first-order valence-electron chi connectivity index (χ1n) is 2.71. The molecule has 0 aromatic rings. The summed E-state index contributed by atoms with van der Waals surface area (Å²) in [5.74, 6) is 0. The fraction of sp³-hybridized carbons (Fsp3) is 0.667. The molecular formula is C6H12O2. The zero-order chi connectivity index (χ0) is 6.41. The van der Waals surface area contributed by atoms with Crippen molar-refractivity contribution >= 4 is 0 Å². The van der Waals surface area contributed by atoms with Gasteiger partial charge >= 0.3 is 0 Å². The van der Waals surface area contributed by atoms with Crippen LogP contribution in [-0.4, -0.2) is 17.8 Å². The van der Waals surface area contributed by atoms with Crippen molar-refractivity contribution in [3.63, 3.8) is 0 Å². The van der Waals surface area contributed by atoms with Crippen LogP contribution in [0.15, 0.2) is 12.8 Å². The van der Waals surface area contributed by atoms with Gasteiger partial charge in [0.15, 0.2) is 0 Å². The molecular weight excluding hydrogens is 104 g/mol. The number of hydrogen-bond donors (Lipinski definition) is 1. The molecule has 0 aliphatic rings. The molecule has 0 saturated carbocycles. The summed E-state index contributed by atoms with van der Waals surface area (Å²) < 4.78 is 4.70. The Balaban J connectivity index is 2.97. The van der Waals surface area contributed by atoms with Crippen LogP contribution in [-0.2, 0) is 4.74 Å². The number of rotatable bonds is 4. The molecule has 8 heavy (non-hydrogen) atoms. The predicted molar refractivity (Wildman–Crippen MR) is 32.4 cm³/mol. The Morgan fingerprint density at radius 1 is 1.88 bits per heavy atom. The van der Waals surface area contributed by atoms with Crippen molar-refractivity contribution in [2.75, 3.05) is 6.61 Å². The van der Waals surface area contributed by atoms with Crippen molar-refractivity contribution in [2.45, 2.75) is 19.4 Å². The van der Waals surface area contributed by atoms with Gasteiger partial charge in [0, 0.05) is 0 Å². The van der Waals surface area contributed by atoms with E-state index in [2.05, 4.69) is 6.58 Å². The lowest BCUT2D eigenvalue weighted by Crippen LogP contribution is -2.10. The molecule has 0 saturated heterocycles. The molecule has 0 aliphatic heterocycles. The van der Waals surface area contributed by atoms with Gasteiger partial charge in [-0.25, -0.2) is 0 Å². The van der Waals surface area contributed by atoms with Crippen molar-refractivity contribution in [3.8, 4) is 0 Å². The second-order valence-corrected chi connectivity index (χ2v) is 1.56.